The van der Waals surface area contributed by atoms with Crippen LogP contribution in [0, 0.1) is 16.2 Å². The fraction of sp³-hybridized carbons (Fsp3) is 0.404. The Morgan fingerprint density at radius 3 is 1.14 bits per heavy atom. The molecule has 1 aliphatic rings. The molecule has 7 aromatic rings. The molecule has 0 saturated carbocycles. The number of nitrogens with two attached hydrogens (primary N) is 5. The van der Waals surface area contributed by atoms with Crippen LogP contribution >= 0.6 is 11.8 Å². The molecule has 49 heteroatoms. The zero-order chi connectivity index (χ0) is 101. The van der Waals surface area contributed by atoms with Crippen molar-refractivity contribution < 1.29 is 102 Å². The summed E-state index contributed by atoms with van der Waals surface area (Å²) < 4.78 is 0. The predicted octanol–water partition coefficient (Wildman–Crippen LogP) is -7.35. The first-order valence-electron chi connectivity index (χ1n) is 44.0. The normalized spacial score (nSPS) is 22.3. The molecule has 48 nitrogen and oxygen atoms in total. The van der Waals surface area contributed by atoms with Gasteiger partial charge in [0.15, 0.2) is 17.9 Å². The highest BCUT2D eigenvalue weighted by Gasteiger charge is 2.40. The van der Waals surface area contributed by atoms with Gasteiger partial charge in [0, 0.05) is 98.1 Å². The Labute approximate surface area is 794 Å². The van der Waals surface area contributed by atoms with Gasteiger partial charge in [-0.05, 0) is 116 Å². The Morgan fingerprint density at radius 2 is 0.725 bits per heavy atom. The van der Waals surface area contributed by atoms with Crippen molar-refractivity contribution in [3.63, 3.8) is 0 Å². The molecule has 5 aromatic carbocycles. The number of hydrogen-bond donors (Lipinski definition) is 32. The van der Waals surface area contributed by atoms with E-state index in [1.54, 1.807) is 78.9 Å². The van der Waals surface area contributed by atoms with Crippen molar-refractivity contribution in [1.29, 1.82) is 16.2 Å². The summed E-state index contributed by atoms with van der Waals surface area (Å²) in [4.78, 5) is 239. The molecule has 16 amide bonds. The highest BCUT2D eigenvalue weighted by atomic mass is 32.2. The second-order valence-corrected chi connectivity index (χ2v) is 33.6. The first kappa shape index (κ1) is 108. The summed E-state index contributed by atoms with van der Waals surface area (Å²) in [7, 11) is 0. The van der Waals surface area contributed by atoms with Crippen LogP contribution in [0.25, 0.3) is 21.8 Å². The number of aromatic hydroxyl groups is 2. The molecule has 3 heterocycles. The number of rotatable bonds is 29. The molecule has 37 N–H and O–H groups in total. The third-order valence-corrected chi connectivity index (χ3v) is 22.9. The Kier molecular flexibility index (Phi) is 42.2. The molecule has 0 radical (unpaired) electrons. The van der Waals surface area contributed by atoms with Crippen LogP contribution in [0.15, 0.2) is 140 Å². The van der Waals surface area contributed by atoms with Crippen LogP contribution in [0.5, 0.6) is 11.5 Å². The molecule has 0 bridgehead atoms. The van der Waals surface area contributed by atoms with Gasteiger partial charge in [0.25, 0.3) is 0 Å². The molecule has 1 saturated heterocycles. The average Bonchev–Trinajstić information content (AvgIpc) is 1.77. The van der Waals surface area contributed by atoms with Crippen molar-refractivity contribution in [3.8, 4) is 11.5 Å². The van der Waals surface area contributed by atoms with Crippen LogP contribution in [0.2, 0.25) is 0 Å². The smallest absolute Gasteiger partial charge is 0.245 e. The third-order valence-electron chi connectivity index (χ3n) is 21.9. The van der Waals surface area contributed by atoms with Gasteiger partial charge in [0.2, 0.25) is 94.5 Å². The van der Waals surface area contributed by atoms with Crippen molar-refractivity contribution in [2.75, 3.05) is 50.9 Å². The summed E-state index contributed by atoms with van der Waals surface area (Å²) in [6.07, 6.45) is -2.91. The number of phenols is 2. The van der Waals surface area contributed by atoms with E-state index in [2.05, 4.69) is 100 Å². The molecule has 14 atom stereocenters. The molecule has 0 unspecified atom stereocenters. The fourth-order valence-electron chi connectivity index (χ4n) is 14.6. The van der Waals surface area contributed by atoms with Gasteiger partial charge in [0.1, 0.15) is 90.0 Å². The maximum Gasteiger partial charge on any atom is 0.245 e. The minimum atomic E-state index is -2.05. The summed E-state index contributed by atoms with van der Waals surface area (Å²) in [6, 6.07) is 9.20. The van der Waals surface area contributed by atoms with E-state index in [0.717, 1.165) is 6.92 Å². The number of fused-ring (bicyclic) bond motifs is 2. The number of H-pyrrole nitrogens is 2. The second kappa shape index (κ2) is 54.0. The Balaban J connectivity index is 1.19. The van der Waals surface area contributed by atoms with E-state index in [0.29, 0.717) is 55.8 Å². The van der Waals surface area contributed by atoms with E-state index in [1.165, 1.54) is 60.9 Å². The maximum atomic E-state index is 15.2. The lowest BCUT2D eigenvalue weighted by molar-refractivity contribution is -0.137. The SMILES string of the molecule is C[C@@H](O)[C@@H]1NC(=O)[C@H](CCC(N)=O)NC(=O)[C@@H](Cc2ccc(O)cc2)NC(=O)CSC[C@@H](C(N)=O)NC(=O)[C@H](Cc2ccccc2)NC(=O)[C@H](CO)NC(=O)[C@H](Cc2ccc(O)cc2)NC(=O)[C@H](CCCNC(=N)N)NC(=O)[C@H](CCCNC(=N)N)NC(=O)CNC(=O)[C@H](CCCNC(=N)N)NC(=O)[C@H](Cc2c[nH]c3ccccc23)NC(=O)[C@H](CO)NC(=O)[C@H](Cc2c[nH]c3ccccc23)NC1=O. The Morgan fingerprint density at radius 1 is 0.391 bits per heavy atom. The predicted molar refractivity (Wildman–Crippen MR) is 504 cm³/mol. The van der Waals surface area contributed by atoms with Crippen molar-refractivity contribution >= 4 is 146 Å². The van der Waals surface area contributed by atoms with E-state index < -0.39 is 254 Å². The van der Waals surface area contributed by atoms with Crippen molar-refractivity contribution in [2.24, 2.45) is 28.7 Å². The van der Waals surface area contributed by atoms with Gasteiger partial charge in [-0.3, -0.25) is 92.9 Å². The highest BCUT2D eigenvalue weighted by Crippen LogP contribution is 2.23. The second-order valence-electron chi connectivity index (χ2n) is 32.6. The van der Waals surface area contributed by atoms with Crippen LogP contribution in [-0.4, -0.2) is 283 Å². The van der Waals surface area contributed by atoms with E-state index in [1.807, 2.05) is 0 Å². The van der Waals surface area contributed by atoms with E-state index >= 15 is 9.59 Å². The van der Waals surface area contributed by atoms with Gasteiger partial charge in [0.05, 0.1) is 31.6 Å². The number of primary amides is 2. The number of carbonyl (C=O) groups excluding carboxylic acids is 16. The first-order chi connectivity index (χ1) is 65.8. The number of aromatic amines is 2. The number of aliphatic hydroxyl groups excluding tert-OH is 3. The van der Waals surface area contributed by atoms with Crippen LogP contribution in [0.1, 0.15) is 86.1 Å². The molecule has 0 spiro atoms. The number of thioether (sulfide) groups is 1. The zero-order valence-corrected chi connectivity index (χ0v) is 76.1. The monoisotopic (exact) mass is 1930 g/mol. The Bertz CT molecular complexity index is 5460. The number of phenolic OH excluding ortho intramolecular Hbond substituents is 2. The van der Waals surface area contributed by atoms with Gasteiger partial charge in [-0.15, -0.1) is 11.8 Å². The van der Waals surface area contributed by atoms with Gasteiger partial charge >= 0.3 is 0 Å². The number of aliphatic hydroxyl groups is 3. The summed E-state index contributed by atoms with van der Waals surface area (Å²) in [5.41, 5.74) is 31.1. The standard InChI is InChI=1S/C89H119N27O21S/c1-46(119)73-86(137)112-66(38-51-40-102-57-17-8-6-15-55(51)57)83(134)114-68(43-118)85(136)111-65(37-50-39-101-56-16-7-5-14-54(50)56)82(133)106-58(18-9-31-98-87(92)93)75(126)103-41-71(123)104-59(19-10-32-99-88(94)95)76(127)107-60(20-11-33-100-89(96)97)77(128)109-64(36-49-23-27-53(121)28-24-49)80(131)113-67(42-117)84(135)110-63(34-47-12-3-2-4-13-47)81(132)115-69(74(91)125)44-138-45-72(124)105-62(35-48-21-25-52(120)26-22-48)79(130)108-61(78(129)116-73)29-30-70(90)122/h2-8,12-17,21-28,39-40,46,58-69,73,101-102,117-121H,9-11,18-20,29-38,41-45H2,1H3,(H2,90,122)(H2,91,125)(H,103,126)(H,104,123)(H,105,124)(H,106,133)(H,107,127)(H,108,130)(H,109,128)(H,110,135)(H,111,136)(H,112,137)(H,113,131)(H,114,134)(H,115,132)(H,116,129)(H4,92,93,98)(H4,94,95,99)(H4,96,97,100)/t46-,58+,59+,60+,61+,62-,63+,64+,65+,66+,67+,68+,69+,73+/m1/s1. The lowest BCUT2D eigenvalue weighted by Gasteiger charge is -2.28. The molecule has 1 fully saturated rings. The summed E-state index contributed by atoms with van der Waals surface area (Å²) >= 11 is 0.706. The number of carbonyl (C=O) groups is 16. The van der Waals surface area contributed by atoms with E-state index in [9.17, 15) is 92.7 Å². The van der Waals surface area contributed by atoms with Crippen LogP contribution in [-0.2, 0) is 109 Å². The first-order valence-corrected chi connectivity index (χ1v) is 45.2. The van der Waals surface area contributed by atoms with Gasteiger partial charge in [-0.2, -0.15) is 0 Å². The van der Waals surface area contributed by atoms with Crippen LogP contribution < -0.4 is 119 Å². The fourth-order valence-corrected chi connectivity index (χ4v) is 15.5. The largest absolute Gasteiger partial charge is 0.508 e. The molecule has 1 aliphatic heterocycles. The lowest BCUT2D eigenvalue weighted by atomic mass is 10.0. The lowest BCUT2D eigenvalue weighted by Crippen LogP contribution is -2.62. The van der Waals surface area contributed by atoms with Gasteiger partial charge in [-0.1, -0.05) is 91.0 Å². The quantitative estimate of drug-likeness (QED) is 0.0118. The van der Waals surface area contributed by atoms with Crippen molar-refractivity contribution in [3.05, 3.63) is 168 Å². The third kappa shape index (κ3) is 35.0. The number of nitrogens with one attached hydrogen (secondary N) is 22. The highest BCUT2D eigenvalue weighted by molar-refractivity contribution is 8.00. The van der Waals surface area contributed by atoms with Crippen LogP contribution in [0.4, 0.5) is 0 Å². The molecule has 742 valence electrons. The number of benzene rings is 5. The molecule has 2 aromatic heterocycles. The van der Waals surface area contributed by atoms with Gasteiger partial charge < -0.3 is 155 Å². The Hall–Kier alpha value is -15.7. The molecule has 138 heavy (non-hydrogen) atoms. The van der Waals surface area contributed by atoms with Crippen molar-refractivity contribution in [1.82, 2.24) is 100 Å². The number of guanidine groups is 3. The summed E-state index contributed by atoms with van der Waals surface area (Å²) in [6.45, 7) is -2.45. The number of hydrogen-bond acceptors (Lipinski definition) is 25. The minimum Gasteiger partial charge on any atom is -0.508 e. The van der Waals surface area contributed by atoms with Crippen molar-refractivity contribution in [2.45, 2.75) is 175 Å². The minimum absolute atomic E-state index is 0.0220. The number of amides is 16. The van der Waals surface area contributed by atoms with E-state index in [4.69, 9.17) is 44.9 Å². The molecular weight excluding hydrogens is 1820 g/mol. The number of aromatic nitrogens is 2. The zero-order valence-electron chi connectivity index (χ0n) is 75.3. The topological polar surface area (TPSA) is 812 Å². The maximum absolute atomic E-state index is 15.2. The molecule has 0 aliphatic carbocycles. The van der Waals surface area contributed by atoms with E-state index in [-0.39, 0.29) is 94.5 Å². The summed E-state index contributed by atoms with van der Waals surface area (Å²) in [5, 5.41) is 121. The van der Waals surface area contributed by atoms with Gasteiger partial charge in [-0.25, -0.2) is 0 Å². The van der Waals surface area contributed by atoms with Crippen LogP contribution in [0.3, 0.4) is 0 Å². The average molecular weight is 1940 g/mol. The molecule has 8 rings (SSSR count). The summed E-state index contributed by atoms with van der Waals surface area (Å²) in [5.74, 6) is -20.8. The number of para-hydroxylation sites is 2. The molecular formula is C89H119N27O21S.